The molecular formula is C15H22BrN3O2. The largest absolute Gasteiger partial charge is 0.476 e. The highest BCUT2D eigenvalue weighted by Gasteiger charge is 2.36. The van der Waals surface area contributed by atoms with Crippen LogP contribution in [0.15, 0.2) is 24.4 Å². The van der Waals surface area contributed by atoms with Gasteiger partial charge in [-0.3, -0.25) is 0 Å². The maximum Gasteiger partial charge on any atom is 0.213 e. The zero-order valence-corrected chi connectivity index (χ0v) is 13.6. The summed E-state index contributed by atoms with van der Waals surface area (Å²) < 4.78 is 11.9. The van der Waals surface area contributed by atoms with Gasteiger partial charge in [-0.05, 0) is 25.5 Å². The van der Waals surface area contributed by atoms with E-state index in [1.165, 1.54) is 12.8 Å². The first-order valence-corrected chi connectivity index (χ1v) is 8.51. The van der Waals surface area contributed by atoms with Gasteiger partial charge in [0.05, 0.1) is 23.6 Å². The predicted molar refractivity (Wildman–Crippen MR) is 85.0 cm³/mol. The second-order valence-electron chi connectivity index (χ2n) is 5.60. The van der Waals surface area contributed by atoms with Gasteiger partial charge in [-0.2, -0.15) is 0 Å². The van der Waals surface area contributed by atoms with E-state index in [0.29, 0.717) is 23.4 Å². The summed E-state index contributed by atoms with van der Waals surface area (Å²) in [5, 5.41) is 6.92. The molecule has 2 N–H and O–H groups in total. The third-order valence-electron chi connectivity index (χ3n) is 4.03. The van der Waals surface area contributed by atoms with E-state index in [-0.39, 0.29) is 12.1 Å². The van der Waals surface area contributed by atoms with E-state index in [4.69, 9.17) is 9.47 Å². The van der Waals surface area contributed by atoms with Gasteiger partial charge in [-0.25, -0.2) is 4.98 Å². The summed E-state index contributed by atoms with van der Waals surface area (Å²) in [7, 11) is 0. The number of ether oxygens (including phenoxy) is 2. The second kappa shape index (κ2) is 7.54. The first-order valence-electron chi connectivity index (χ1n) is 7.59. The highest BCUT2D eigenvalue weighted by molar-refractivity contribution is 9.09. The van der Waals surface area contributed by atoms with Crippen LogP contribution in [0.5, 0.6) is 5.88 Å². The molecule has 1 aromatic heterocycles. The topological polar surface area (TPSA) is 55.4 Å². The van der Waals surface area contributed by atoms with Crippen molar-refractivity contribution in [2.75, 3.05) is 26.3 Å². The van der Waals surface area contributed by atoms with Crippen LogP contribution in [0.25, 0.3) is 0 Å². The van der Waals surface area contributed by atoms with Gasteiger partial charge in [0.15, 0.2) is 0 Å². The van der Waals surface area contributed by atoms with Gasteiger partial charge < -0.3 is 20.1 Å². The lowest BCUT2D eigenvalue weighted by Gasteiger charge is -2.23. The molecule has 2 aliphatic heterocycles. The Kier molecular flexibility index (Phi) is 5.46. The van der Waals surface area contributed by atoms with E-state index in [1.807, 2.05) is 18.2 Å². The Balaban J connectivity index is 1.48. The number of halogens is 1. The molecule has 0 aromatic carbocycles. The average molecular weight is 356 g/mol. The maximum atomic E-state index is 6.13. The molecule has 5 nitrogen and oxygen atoms in total. The lowest BCUT2D eigenvalue weighted by Crippen LogP contribution is -2.41. The monoisotopic (exact) mass is 355 g/mol. The van der Waals surface area contributed by atoms with Crippen molar-refractivity contribution in [1.29, 1.82) is 0 Å². The molecule has 3 heterocycles. The Bertz CT molecular complexity index is 428. The number of hydrogen-bond donors (Lipinski definition) is 2. The Hall–Kier alpha value is -0.690. The molecule has 2 unspecified atom stereocenters. The van der Waals surface area contributed by atoms with E-state index in [1.54, 1.807) is 6.20 Å². The van der Waals surface area contributed by atoms with Gasteiger partial charge in [0, 0.05) is 24.8 Å². The number of aromatic nitrogens is 1. The van der Waals surface area contributed by atoms with Crippen LogP contribution in [0.1, 0.15) is 12.8 Å². The molecule has 0 bridgehead atoms. The van der Waals surface area contributed by atoms with E-state index >= 15 is 0 Å². The number of rotatable bonds is 6. The first kappa shape index (κ1) is 15.2. The fourth-order valence-corrected chi connectivity index (χ4v) is 3.56. The van der Waals surface area contributed by atoms with Gasteiger partial charge in [0.2, 0.25) is 5.88 Å². The Morgan fingerprint density at radius 3 is 3.00 bits per heavy atom. The molecule has 3 rings (SSSR count). The van der Waals surface area contributed by atoms with E-state index in [2.05, 4.69) is 31.5 Å². The molecule has 21 heavy (non-hydrogen) atoms. The second-order valence-corrected chi connectivity index (χ2v) is 6.78. The summed E-state index contributed by atoms with van der Waals surface area (Å²) >= 11 is 3.70. The molecule has 2 fully saturated rings. The number of nitrogens with one attached hydrogen (secondary N) is 2. The minimum Gasteiger partial charge on any atom is -0.476 e. The van der Waals surface area contributed by atoms with Crippen LogP contribution >= 0.6 is 15.9 Å². The lowest BCUT2D eigenvalue weighted by atomic mass is 10.2. The first-order chi connectivity index (χ1) is 10.3. The number of pyridine rings is 1. The fraction of sp³-hybridized carbons (Fsp3) is 0.667. The normalized spacial score (nSPS) is 32.4. The van der Waals surface area contributed by atoms with Crippen molar-refractivity contribution < 1.29 is 9.47 Å². The minimum absolute atomic E-state index is 0.135. The summed E-state index contributed by atoms with van der Waals surface area (Å²) in [6, 6.07) is 6.38. The summed E-state index contributed by atoms with van der Waals surface area (Å²) in [6.45, 7) is 3.36. The van der Waals surface area contributed by atoms with Crippen LogP contribution < -0.4 is 15.4 Å². The van der Waals surface area contributed by atoms with Crippen molar-refractivity contribution in [3.8, 4) is 5.88 Å². The maximum absolute atomic E-state index is 6.13. The van der Waals surface area contributed by atoms with Crippen LogP contribution in [0.2, 0.25) is 0 Å². The average Bonchev–Trinajstić information content (AvgIpc) is 3.14. The molecular weight excluding hydrogens is 334 g/mol. The van der Waals surface area contributed by atoms with Gasteiger partial charge >= 0.3 is 0 Å². The van der Waals surface area contributed by atoms with Gasteiger partial charge in [0.1, 0.15) is 6.61 Å². The van der Waals surface area contributed by atoms with E-state index in [0.717, 1.165) is 19.7 Å². The Labute approximate surface area is 133 Å². The minimum atomic E-state index is 0.135. The highest BCUT2D eigenvalue weighted by atomic mass is 79.9. The predicted octanol–water partition coefficient (Wildman–Crippen LogP) is 1.33. The molecule has 4 atom stereocenters. The summed E-state index contributed by atoms with van der Waals surface area (Å²) in [5.41, 5.74) is 0. The number of alkyl halides is 1. The molecule has 2 aliphatic rings. The fourth-order valence-electron chi connectivity index (χ4n) is 2.86. The van der Waals surface area contributed by atoms with Crippen molar-refractivity contribution in [2.24, 2.45) is 0 Å². The standard InChI is InChI=1S/C15H22BrN3O2/c16-12-8-19-13(10-20-14-5-1-2-6-18-14)15(12)21-9-11-4-3-7-17-11/h1-2,5-6,11-13,15,17,19H,3-4,7-10H2/t11-,12?,13-,15?/m0/s1. The number of hydrogen-bond acceptors (Lipinski definition) is 5. The van der Waals surface area contributed by atoms with Crippen LogP contribution in [0, 0.1) is 0 Å². The van der Waals surface area contributed by atoms with Crippen molar-refractivity contribution in [3.05, 3.63) is 24.4 Å². The van der Waals surface area contributed by atoms with Crippen LogP contribution in [0.4, 0.5) is 0 Å². The zero-order chi connectivity index (χ0) is 14.5. The van der Waals surface area contributed by atoms with Crippen LogP contribution in [-0.4, -0.2) is 54.3 Å². The van der Waals surface area contributed by atoms with Crippen molar-refractivity contribution >= 4 is 15.9 Å². The smallest absolute Gasteiger partial charge is 0.213 e. The van der Waals surface area contributed by atoms with Gasteiger partial charge in [-0.1, -0.05) is 22.0 Å². The zero-order valence-electron chi connectivity index (χ0n) is 12.0. The molecule has 0 spiro atoms. The van der Waals surface area contributed by atoms with Gasteiger partial charge in [0.25, 0.3) is 0 Å². The summed E-state index contributed by atoms with van der Waals surface area (Å²) in [5.74, 6) is 0.661. The van der Waals surface area contributed by atoms with Crippen LogP contribution in [-0.2, 0) is 4.74 Å². The summed E-state index contributed by atoms with van der Waals surface area (Å²) in [4.78, 5) is 4.51. The van der Waals surface area contributed by atoms with Gasteiger partial charge in [-0.15, -0.1) is 0 Å². The quantitative estimate of drug-likeness (QED) is 0.754. The number of nitrogens with zero attached hydrogens (tertiary/aromatic N) is 1. The van der Waals surface area contributed by atoms with E-state index < -0.39 is 0 Å². The SMILES string of the molecule is BrC1CN[C@@H](COc2ccccn2)C1OC[C@@H]1CCCN1. The van der Waals surface area contributed by atoms with Crippen molar-refractivity contribution in [1.82, 2.24) is 15.6 Å². The Morgan fingerprint density at radius 2 is 2.24 bits per heavy atom. The molecule has 0 radical (unpaired) electrons. The molecule has 0 aliphatic carbocycles. The Morgan fingerprint density at radius 1 is 1.29 bits per heavy atom. The molecule has 0 saturated carbocycles. The lowest BCUT2D eigenvalue weighted by molar-refractivity contribution is 0.0268. The van der Waals surface area contributed by atoms with E-state index in [9.17, 15) is 0 Å². The third-order valence-corrected chi connectivity index (χ3v) is 4.87. The molecule has 116 valence electrons. The molecule has 2 saturated heterocycles. The van der Waals surface area contributed by atoms with Crippen LogP contribution in [0.3, 0.4) is 0 Å². The molecule has 1 aromatic rings. The highest BCUT2D eigenvalue weighted by Crippen LogP contribution is 2.21. The molecule has 0 amide bonds. The van der Waals surface area contributed by atoms with Crippen molar-refractivity contribution in [3.63, 3.8) is 0 Å². The molecule has 6 heteroatoms. The third kappa shape index (κ3) is 4.16. The summed E-state index contributed by atoms with van der Waals surface area (Å²) in [6.07, 6.45) is 4.34. The van der Waals surface area contributed by atoms with Crippen molar-refractivity contribution in [2.45, 2.75) is 35.9 Å².